The van der Waals surface area contributed by atoms with Crippen molar-refractivity contribution >= 4 is 23.5 Å². The lowest BCUT2D eigenvalue weighted by Gasteiger charge is -2.23. The second kappa shape index (κ2) is 9.53. The highest BCUT2D eigenvalue weighted by molar-refractivity contribution is 8.17. The maximum absolute atomic E-state index is 5.67. The molecule has 1 fully saturated rings. The van der Waals surface area contributed by atoms with Gasteiger partial charge in [0.25, 0.3) is 0 Å². The van der Waals surface area contributed by atoms with Gasteiger partial charge in [-0.2, -0.15) is 0 Å². The third-order valence-corrected chi connectivity index (χ3v) is 7.54. The fraction of sp³-hybridized carbons (Fsp3) is 0.579. The van der Waals surface area contributed by atoms with Crippen LogP contribution in [0, 0.1) is 6.92 Å². The molecule has 0 spiro atoms. The predicted octanol–water partition coefficient (Wildman–Crippen LogP) is 4.71. The minimum atomic E-state index is 0.557. The SMILES string of the molecule is COc1c(C)c(C/C=C(/C)C2SCCCS2)c(OC)c(OC)c1OC. The van der Waals surface area contributed by atoms with E-state index in [0.29, 0.717) is 27.6 Å². The van der Waals surface area contributed by atoms with Gasteiger partial charge in [-0.15, -0.1) is 23.5 Å². The molecule has 1 aliphatic rings. The molecule has 0 amide bonds. The van der Waals surface area contributed by atoms with E-state index in [1.807, 2.05) is 30.4 Å². The highest BCUT2D eigenvalue weighted by Crippen LogP contribution is 2.49. The van der Waals surface area contributed by atoms with Crippen molar-refractivity contribution in [3.8, 4) is 23.0 Å². The van der Waals surface area contributed by atoms with Crippen LogP contribution in [0.5, 0.6) is 23.0 Å². The molecule has 140 valence electrons. The molecule has 1 heterocycles. The van der Waals surface area contributed by atoms with E-state index < -0.39 is 0 Å². The first-order chi connectivity index (χ1) is 12.1. The van der Waals surface area contributed by atoms with Crippen LogP contribution in [0.1, 0.15) is 24.5 Å². The molecule has 0 saturated carbocycles. The molecular weight excluding hydrogens is 356 g/mol. The number of benzene rings is 1. The number of methoxy groups -OCH3 is 4. The first-order valence-electron chi connectivity index (χ1n) is 8.34. The van der Waals surface area contributed by atoms with Crippen LogP contribution >= 0.6 is 23.5 Å². The minimum absolute atomic E-state index is 0.557. The molecule has 1 saturated heterocycles. The first kappa shape index (κ1) is 20.2. The van der Waals surface area contributed by atoms with Gasteiger partial charge in [-0.05, 0) is 38.2 Å². The molecule has 1 aromatic carbocycles. The van der Waals surface area contributed by atoms with Crippen LogP contribution in [0.4, 0.5) is 0 Å². The quantitative estimate of drug-likeness (QED) is 0.634. The number of hydrogen-bond acceptors (Lipinski definition) is 6. The Kier molecular flexibility index (Phi) is 7.69. The fourth-order valence-corrected chi connectivity index (χ4v) is 5.92. The maximum atomic E-state index is 5.67. The third-order valence-electron chi connectivity index (χ3n) is 4.33. The largest absolute Gasteiger partial charge is 0.492 e. The summed E-state index contributed by atoms with van der Waals surface area (Å²) < 4.78 is 22.9. The summed E-state index contributed by atoms with van der Waals surface area (Å²) in [5.74, 6) is 5.05. The summed E-state index contributed by atoms with van der Waals surface area (Å²) >= 11 is 4.07. The second-order valence-electron chi connectivity index (χ2n) is 5.82. The summed E-state index contributed by atoms with van der Waals surface area (Å²) in [6.07, 6.45) is 4.38. The van der Waals surface area contributed by atoms with Crippen LogP contribution < -0.4 is 18.9 Å². The van der Waals surface area contributed by atoms with Crippen molar-refractivity contribution in [2.24, 2.45) is 0 Å². The second-order valence-corrected chi connectivity index (χ2v) is 8.54. The third kappa shape index (κ3) is 4.34. The molecule has 0 unspecified atom stereocenters. The lowest BCUT2D eigenvalue weighted by molar-refractivity contribution is 0.302. The van der Waals surface area contributed by atoms with Crippen LogP contribution in [0.2, 0.25) is 0 Å². The van der Waals surface area contributed by atoms with E-state index in [9.17, 15) is 0 Å². The van der Waals surface area contributed by atoms with Crippen LogP contribution in [-0.2, 0) is 6.42 Å². The van der Waals surface area contributed by atoms with E-state index in [4.69, 9.17) is 18.9 Å². The summed E-state index contributed by atoms with van der Waals surface area (Å²) in [7, 11) is 6.54. The van der Waals surface area contributed by atoms with Gasteiger partial charge in [0, 0.05) is 11.1 Å². The molecule has 0 aromatic heterocycles. The van der Waals surface area contributed by atoms with E-state index in [-0.39, 0.29) is 0 Å². The minimum Gasteiger partial charge on any atom is -0.492 e. The normalized spacial score (nSPS) is 15.8. The molecule has 0 radical (unpaired) electrons. The monoisotopic (exact) mass is 384 g/mol. The molecule has 4 nitrogen and oxygen atoms in total. The molecule has 0 aliphatic carbocycles. The Morgan fingerprint density at radius 3 is 1.96 bits per heavy atom. The van der Waals surface area contributed by atoms with Gasteiger partial charge in [0.15, 0.2) is 11.5 Å². The van der Waals surface area contributed by atoms with Gasteiger partial charge in [-0.3, -0.25) is 0 Å². The van der Waals surface area contributed by atoms with Crippen LogP contribution in [0.15, 0.2) is 11.6 Å². The lowest BCUT2D eigenvalue weighted by Crippen LogP contribution is -2.08. The van der Waals surface area contributed by atoms with Gasteiger partial charge >= 0.3 is 0 Å². The Bertz CT molecular complexity index is 623. The van der Waals surface area contributed by atoms with Crippen LogP contribution in [0.25, 0.3) is 0 Å². The zero-order valence-corrected chi connectivity index (χ0v) is 17.6. The van der Waals surface area contributed by atoms with Crippen molar-refractivity contribution in [2.75, 3.05) is 39.9 Å². The Labute approximate surface area is 159 Å². The molecule has 2 rings (SSSR count). The molecule has 0 atom stereocenters. The molecule has 0 bridgehead atoms. The highest BCUT2D eigenvalue weighted by Gasteiger charge is 2.25. The Balaban J connectivity index is 2.42. The molecule has 6 heteroatoms. The Hall–Kier alpha value is -1.14. The highest BCUT2D eigenvalue weighted by atomic mass is 32.2. The van der Waals surface area contributed by atoms with Crippen molar-refractivity contribution < 1.29 is 18.9 Å². The molecule has 25 heavy (non-hydrogen) atoms. The van der Waals surface area contributed by atoms with Crippen molar-refractivity contribution in [1.82, 2.24) is 0 Å². The van der Waals surface area contributed by atoms with Crippen molar-refractivity contribution in [3.05, 3.63) is 22.8 Å². The smallest absolute Gasteiger partial charge is 0.207 e. The van der Waals surface area contributed by atoms with Crippen molar-refractivity contribution in [1.29, 1.82) is 0 Å². The van der Waals surface area contributed by atoms with Crippen LogP contribution in [0.3, 0.4) is 0 Å². The average molecular weight is 385 g/mol. The standard InChI is InChI=1S/C19H28O4S2/c1-12(19-24-10-7-11-25-19)8-9-14-13(2)15(20-3)17(22-5)18(23-6)16(14)21-4/h8,19H,7,9-11H2,1-6H3/b12-8-. The van der Waals surface area contributed by atoms with Gasteiger partial charge in [0.2, 0.25) is 11.5 Å². The maximum Gasteiger partial charge on any atom is 0.207 e. The van der Waals surface area contributed by atoms with Gasteiger partial charge in [0.1, 0.15) is 0 Å². The molecule has 0 N–H and O–H groups in total. The average Bonchev–Trinajstić information content (AvgIpc) is 2.66. The number of allylic oxidation sites excluding steroid dienone is 1. The topological polar surface area (TPSA) is 36.9 Å². The van der Waals surface area contributed by atoms with E-state index >= 15 is 0 Å². The van der Waals surface area contributed by atoms with E-state index in [1.54, 1.807) is 28.4 Å². The summed E-state index contributed by atoms with van der Waals surface area (Å²) in [5, 5.41) is 0. The summed E-state index contributed by atoms with van der Waals surface area (Å²) in [5.41, 5.74) is 3.50. The molecular formula is C19H28O4S2. The molecule has 1 aromatic rings. The number of hydrogen-bond donors (Lipinski definition) is 0. The van der Waals surface area contributed by atoms with Crippen molar-refractivity contribution in [2.45, 2.75) is 31.3 Å². The van der Waals surface area contributed by atoms with Gasteiger partial charge in [-0.25, -0.2) is 0 Å². The number of rotatable bonds is 7. The summed E-state index contributed by atoms with van der Waals surface area (Å²) in [6.45, 7) is 4.25. The summed E-state index contributed by atoms with van der Waals surface area (Å²) in [4.78, 5) is 0. The zero-order chi connectivity index (χ0) is 18.4. The van der Waals surface area contributed by atoms with Gasteiger partial charge < -0.3 is 18.9 Å². The summed E-state index contributed by atoms with van der Waals surface area (Å²) in [6, 6.07) is 0. The first-order valence-corrected chi connectivity index (χ1v) is 10.4. The molecule has 1 aliphatic heterocycles. The Morgan fingerprint density at radius 2 is 1.44 bits per heavy atom. The van der Waals surface area contributed by atoms with E-state index in [2.05, 4.69) is 13.0 Å². The fourth-order valence-electron chi connectivity index (χ4n) is 3.01. The zero-order valence-electron chi connectivity index (χ0n) is 15.9. The van der Waals surface area contributed by atoms with E-state index in [1.165, 1.54) is 23.5 Å². The van der Waals surface area contributed by atoms with Crippen molar-refractivity contribution in [3.63, 3.8) is 0 Å². The number of ether oxygens (including phenoxy) is 4. The van der Waals surface area contributed by atoms with Gasteiger partial charge in [-0.1, -0.05) is 11.6 Å². The van der Waals surface area contributed by atoms with Gasteiger partial charge in [0.05, 0.1) is 33.0 Å². The predicted molar refractivity (Wildman–Crippen MR) is 108 cm³/mol. The lowest BCUT2D eigenvalue weighted by atomic mass is 10.0. The van der Waals surface area contributed by atoms with E-state index in [0.717, 1.165) is 17.5 Å². The number of thioether (sulfide) groups is 2. The Morgan fingerprint density at radius 1 is 0.920 bits per heavy atom. The van der Waals surface area contributed by atoms with Crippen LogP contribution in [-0.4, -0.2) is 44.5 Å².